The molecule has 1 aromatic rings. The second-order valence-corrected chi connectivity index (χ2v) is 5.19. The van der Waals surface area contributed by atoms with E-state index in [1.54, 1.807) is 0 Å². The number of aryl methyl sites for hydroxylation is 1. The Bertz CT molecular complexity index is 438. The molecule has 0 fully saturated rings. The van der Waals surface area contributed by atoms with Gasteiger partial charge in [0.25, 0.3) is 0 Å². The minimum Gasteiger partial charge on any atom is -0.389 e. The number of pyridine rings is 1. The molecule has 3 rings (SSSR count). The minimum absolute atomic E-state index is 0.229. The SMILES string of the molecule is OC1C=C(C2CCCc3cccnc32)CCC1. The largest absolute Gasteiger partial charge is 0.389 e. The average Bonchev–Trinajstić information content (AvgIpc) is 2.38. The summed E-state index contributed by atoms with van der Waals surface area (Å²) >= 11 is 0. The molecule has 0 spiro atoms. The van der Waals surface area contributed by atoms with Crippen molar-refractivity contribution in [3.8, 4) is 0 Å². The first-order chi connectivity index (χ1) is 8.34. The van der Waals surface area contributed by atoms with Crippen LogP contribution in [0.3, 0.4) is 0 Å². The summed E-state index contributed by atoms with van der Waals surface area (Å²) in [7, 11) is 0. The van der Waals surface area contributed by atoms with Gasteiger partial charge in [-0.05, 0) is 50.2 Å². The number of aliphatic hydroxyl groups excluding tert-OH is 1. The number of fused-ring (bicyclic) bond motifs is 1. The van der Waals surface area contributed by atoms with Gasteiger partial charge in [-0.15, -0.1) is 0 Å². The fourth-order valence-corrected chi connectivity index (χ4v) is 3.19. The monoisotopic (exact) mass is 229 g/mol. The molecule has 1 aromatic heterocycles. The summed E-state index contributed by atoms with van der Waals surface area (Å²) in [5.41, 5.74) is 4.09. The molecular formula is C15H19NO. The topological polar surface area (TPSA) is 33.1 Å². The molecule has 2 heteroatoms. The van der Waals surface area contributed by atoms with Crippen molar-refractivity contribution in [2.45, 2.75) is 50.5 Å². The zero-order valence-corrected chi connectivity index (χ0v) is 10.1. The van der Waals surface area contributed by atoms with Crippen LogP contribution in [0.4, 0.5) is 0 Å². The van der Waals surface area contributed by atoms with Gasteiger partial charge >= 0.3 is 0 Å². The highest BCUT2D eigenvalue weighted by Crippen LogP contribution is 2.39. The number of rotatable bonds is 1. The average molecular weight is 229 g/mol. The second kappa shape index (κ2) is 4.61. The molecule has 2 aliphatic carbocycles. The Morgan fingerprint density at radius 3 is 2.94 bits per heavy atom. The molecule has 0 saturated heterocycles. The van der Waals surface area contributed by atoms with Gasteiger partial charge < -0.3 is 5.11 Å². The van der Waals surface area contributed by atoms with Crippen molar-refractivity contribution in [1.29, 1.82) is 0 Å². The van der Waals surface area contributed by atoms with Crippen molar-refractivity contribution in [2.24, 2.45) is 0 Å². The number of aliphatic hydroxyl groups is 1. The predicted octanol–water partition coefficient (Wildman–Crippen LogP) is 2.97. The van der Waals surface area contributed by atoms with E-state index in [0.29, 0.717) is 5.92 Å². The van der Waals surface area contributed by atoms with E-state index in [1.165, 1.54) is 29.7 Å². The van der Waals surface area contributed by atoms with Gasteiger partial charge in [-0.25, -0.2) is 0 Å². The second-order valence-electron chi connectivity index (χ2n) is 5.19. The van der Waals surface area contributed by atoms with Crippen LogP contribution in [0, 0.1) is 0 Å². The van der Waals surface area contributed by atoms with Gasteiger partial charge in [0, 0.05) is 12.1 Å². The molecule has 0 saturated carbocycles. The van der Waals surface area contributed by atoms with Crippen molar-refractivity contribution in [1.82, 2.24) is 4.98 Å². The molecule has 0 radical (unpaired) electrons. The molecule has 2 atom stereocenters. The molecule has 0 aliphatic heterocycles. The van der Waals surface area contributed by atoms with Crippen molar-refractivity contribution in [2.75, 3.05) is 0 Å². The quantitative estimate of drug-likeness (QED) is 0.751. The smallest absolute Gasteiger partial charge is 0.0723 e. The standard InChI is InChI=1S/C15H19NO/c17-13-7-1-5-12(10-13)14-8-2-4-11-6-3-9-16-15(11)14/h3,6,9-10,13-14,17H,1-2,4-5,7-8H2. The van der Waals surface area contributed by atoms with Gasteiger partial charge in [0.05, 0.1) is 11.8 Å². The highest BCUT2D eigenvalue weighted by Gasteiger charge is 2.26. The maximum absolute atomic E-state index is 9.76. The van der Waals surface area contributed by atoms with Gasteiger partial charge in [0.1, 0.15) is 0 Å². The zero-order chi connectivity index (χ0) is 11.7. The summed E-state index contributed by atoms with van der Waals surface area (Å²) in [5, 5.41) is 9.76. The van der Waals surface area contributed by atoms with Crippen LogP contribution < -0.4 is 0 Å². The third kappa shape index (κ3) is 2.14. The normalized spacial score (nSPS) is 28.4. The number of hydrogen-bond donors (Lipinski definition) is 1. The number of aromatic nitrogens is 1. The Hall–Kier alpha value is -1.15. The van der Waals surface area contributed by atoms with E-state index in [9.17, 15) is 5.11 Å². The van der Waals surface area contributed by atoms with Gasteiger partial charge in [0.15, 0.2) is 0 Å². The third-order valence-electron chi connectivity index (χ3n) is 4.01. The summed E-state index contributed by atoms with van der Waals surface area (Å²) in [6, 6.07) is 4.24. The number of hydrogen-bond acceptors (Lipinski definition) is 2. The first-order valence-electron chi connectivity index (χ1n) is 6.67. The van der Waals surface area contributed by atoms with Crippen LogP contribution in [0.5, 0.6) is 0 Å². The van der Waals surface area contributed by atoms with E-state index >= 15 is 0 Å². The Morgan fingerprint density at radius 1 is 1.18 bits per heavy atom. The van der Waals surface area contributed by atoms with Crippen LogP contribution >= 0.6 is 0 Å². The fraction of sp³-hybridized carbons (Fsp3) is 0.533. The lowest BCUT2D eigenvalue weighted by Gasteiger charge is -2.29. The minimum atomic E-state index is -0.229. The van der Waals surface area contributed by atoms with Gasteiger partial charge in [-0.1, -0.05) is 17.7 Å². The lowest BCUT2D eigenvalue weighted by Crippen LogP contribution is -2.18. The van der Waals surface area contributed by atoms with E-state index in [4.69, 9.17) is 0 Å². The maximum Gasteiger partial charge on any atom is 0.0723 e. The third-order valence-corrected chi connectivity index (χ3v) is 4.01. The summed E-state index contributed by atoms with van der Waals surface area (Å²) in [6.07, 6.45) is 10.5. The van der Waals surface area contributed by atoms with E-state index < -0.39 is 0 Å². The van der Waals surface area contributed by atoms with Crippen LogP contribution in [-0.4, -0.2) is 16.2 Å². The first kappa shape index (κ1) is 11.0. The Balaban J connectivity index is 1.95. The highest BCUT2D eigenvalue weighted by atomic mass is 16.3. The van der Waals surface area contributed by atoms with Crippen LogP contribution in [-0.2, 0) is 6.42 Å². The predicted molar refractivity (Wildman–Crippen MR) is 67.9 cm³/mol. The van der Waals surface area contributed by atoms with Crippen LogP contribution in [0.2, 0.25) is 0 Å². The molecule has 1 heterocycles. The molecule has 2 aliphatic rings. The Labute approximate surface area is 102 Å². The van der Waals surface area contributed by atoms with Crippen LogP contribution in [0.1, 0.15) is 49.3 Å². The summed E-state index contributed by atoms with van der Waals surface area (Å²) < 4.78 is 0. The van der Waals surface area contributed by atoms with Crippen LogP contribution in [0.25, 0.3) is 0 Å². The van der Waals surface area contributed by atoms with Crippen LogP contribution in [0.15, 0.2) is 30.0 Å². The molecule has 90 valence electrons. The molecule has 17 heavy (non-hydrogen) atoms. The number of nitrogens with zero attached hydrogens (tertiary/aromatic N) is 1. The number of allylic oxidation sites excluding steroid dienone is 1. The molecule has 0 bridgehead atoms. The van der Waals surface area contributed by atoms with E-state index in [1.807, 2.05) is 12.3 Å². The molecule has 0 amide bonds. The fourth-order valence-electron chi connectivity index (χ4n) is 3.19. The Morgan fingerprint density at radius 2 is 2.06 bits per heavy atom. The molecular weight excluding hydrogens is 210 g/mol. The Kier molecular flexibility index (Phi) is 2.98. The first-order valence-corrected chi connectivity index (χ1v) is 6.67. The van der Waals surface area contributed by atoms with E-state index in [2.05, 4.69) is 17.1 Å². The van der Waals surface area contributed by atoms with Gasteiger partial charge in [0.2, 0.25) is 0 Å². The molecule has 2 unspecified atom stereocenters. The van der Waals surface area contributed by atoms with Gasteiger partial charge in [-0.2, -0.15) is 0 Å². The van der Waals surface area contributed by atoms with Crippen molar-refractivity contribution in [3.63, 3.8) is 0 Å². The van der Waals surface area contributed by atoms with Crippen molar-refractivity contribution in [3.05, 3.63) is 41.2 Å². The highest BCUT2D eigenvalue weighted by molar-refractivity contribution is 5.34. The summed E-state index contributed by atoms with van der Waals surface area (Å²) in [6.45, 7) is 0. The maximum atomic E-state index is 9.76. The lowest BCUT2D eigenvalue weighted by atomic mass is 9.78. The van der Waals surface area contributed by atoms with E-state index in [0.717, 1.165) is 25.7 Å². The van der Waals surface area contributed by atoms with Crippen molar-refractivity contribution < 1.29 is 5.11 Å². The lowest BCUT2D eigenvalue weighted by molar-refractivity contribution is 0.200. The van der Waals surface area contributed by atoms with Crippen molar-refractivity contribution >= 4 is 0 Å². The summed E-state index contributed by atoms with van der Waals surface area (Å²) in [4.78, 5) is 4.58. The molecule has 0 aromatic carbocycles. The summed E-state index contributed by atoms with van der Waals surface area (Å²) in [5.74, 6) is 0.467. The van der Waals surface area contributed by atoms with Gasteiger partial charge in [-0.3, -0.25) is 4.98 Å². The molecule has 2 nitrogen and oxygen atoms in total. The van der Waals surface area contributed by atoms with E-state index in [-0.39, 0.29) is 6.10 Å². The zero-order valence-electron chi connectivity index (χ0n) is 10.1. The molecule has 1 N–H and O–H groups in total.